The van der Waals surface area contributed by atoms with Crippen molar-refractivity contribution in [1.29, 1.82) is 0 Å². The van der Waals surface area contributed by atoms with Crippen LogP contribution in [0.5, 0.6) is 11.5 Å². The van der Waals surface area contributed by atoms with E-state index in [0.29, 0.717) is 0 Å². The molecule has 86 valence electrons. The number of aromatic hydroxyl groups is 2. The highest BCUT2D eigenvalue weighted by Gasteiger charge is 2.05. The average Bonchev–Trinajstić information content (AvgIpc) is 2.22. The van der Waals surface area contributed by atoms with Crippen molar-refractivity contribution < 1.29 is 30.0 Å². The molecule has 0 aliphatic rings. The van der Waals surface area contributed by atoms with Crippen molar-refractivity contribution in [3.63, 3.8) is 0 Å². The predicted molar refractivity (Wildman–Crippen MR) is 54.6 cm³/mol. The first-order valence-corrected chi connectivity index (χ1v) is 3.99. The van der Waals surface area contributed by atoms with Crippen LogP contribution in [0.25, 0.3) is 0 Å². The number of carbonyl (C=O) groups is 2. The topological polar surface area (TPSA) is 115 Å². The SMILES string of the molecule is C=CC(=O)O.O=C(O)c1ccc(O)c(O)c1. The average molecular weight is 226 g/mol. The largest absolute Gasteiger partial charge is 0.504 e. The van der Waals surface area contributed by atoms with Crippen LogP contribution in [0, 0.1) is 0 Å². The van der Waals surface area contributed by atoms with E-state index < -0.39 is 17.7 Å². The first-order chi connectivity index (χ1) is 7.38. The van der Waals surface area contributed by atoms with Gasteiger partial charge in [0.05, 0.1) is 5.56 Å². The van der Waals surface area contributed by atoms with Crippen LogP contribution in [0.1, 0.15) is 10.4 Å². The van der Waals surface area contributed by atoms with E-state index >= 15 is 0 Å². The van der Waals surface area contributed by atoms with Gasteiger partial charge in [-0.1, -0.05) is 6.58 Å². The molecule has 0 amide bonds. The molecule has 0 spiro atoms. The quantitative estimate of drug-likeness (QED) is 0.442. The summed E-state index contributed by atoms with van der Waals surface area (Å²) in [6.07, 6.45) is 0.833. The fourth-order valence-electron chi connectivity index (χ4n) is 0.656. The molecule has 0 bridgehead atoms. The van der Waals surface area contributed by atoms with Gasteiger partial charge in [-0.25, -0.2) is 9.59 Å². The van der Waals surface area contributed by atoms with Crippen LogP contribution in [0.3, 0.4) is 0 Å². The summed E-state index contributed by atoms with van der Waals surface area (Å²) in [5.41, 5.74) is -0.0553. The highest BCUT2D eigenvalue weighted by molar-refractivity contribution is 5.88. The maximum atomic E-state index is 10.3. The lowest BCUT2D eigenvalue weighted by molar-refractivity contribution is -0.131. The fraction of sp³-hybridized carbons (Fsp3) is 0. The molecule has 0 saturated heterocycles. The van der Waals surface area contributed by atoms with E-state index in [4.69, 9.17) is 20.4 Å². The third-order valence-electron chi connectivity index (χ3n) is 1.40. The van der Waals surface area contributed by atoms with Crippen LogP contribution in [-0.2, 0) is 4.79 Å². The zero-order valence-electron chi connectivity index (χ0n) is 8.12. The minimum absolute atomic E-state index is 0.0553. The molecule has 0 unspecified atom stereocenters. The minimum atomic E-state index is -1.14. The van der Waals surface area contributed by atoms with Gasteiger partial charge in [0.25, 0.3) is 0 Å². The second kappa shape index (κ2) is 6.07. The number of aliphatic carboxylic acids is 1. The third kappa shape index (κ3) is 4.66. The smallest absolute Gasteiger partial charge is 0.335 e. The van der Waals surface area contributed by atoms with Crippen LogP contribution >= 0.6 is 0 Å². The van der Waals surface area contributed by atoms with E-state index in [9.17, 15) is 9.59 Å². The Morgan fingerprint density at radius 1 is 1.12 bits per heavy atom. The maximum Gasteiger partial charge on any atom is 0.335 e. The van der Waals surface area contributed by atoms with E-state index in [2.05, 4.69) is 6.58 Å². The van der Waals surface area contributed by atoms with Gasteiger partial charge in [0, 0.05) is 6.08 Å². The molecule has 0 aromatic heterocycles. The molecule has 0 radical (unpaired) electrons. The molecule has 1 rings (SSSR count). The summed E-state index contributed by atoms with van der Waals surface area (Å²) in [4.78, 5) is 19.5. The van der Waals surface area contributed by atoms with Crippen LogP contribution in [0.2, 0.25) is 0 Å². The highest BCUT2D eigenvalue weighted by atomic mass is 16.4. The van der Waals surface area contributed by atoms with Gasteiger partial charge in [-0.15, -0.1) is 0 Å². The standard InChI is InChI=1S/C7H6O4.C3H4O2/c8-5-2-1-4(7(10)11)3-6(5)9;1-2-3(4)5/h1-3,8-9H,(H,10,11);2H,1H2,(H,4,5). The molecule has 6 heteroatoms. The van der Waals surface area contributed by atoms with Gasteiger partial charge < -0.3 is 20.4 Å². The van der Waals surface area contributed by atoms with Gasteiger partial charge in [-0.3, -0.25) is 0 Å². The van der Waals surface area contributed by atoms with Gasteiger partial charge in [-0.2, -0.15) is 0 Å². The lowest BCUT2D eigenvalue weighted by atomic mass is 10.2. The summed E-state index contributed by atoms with van der Waals surface area (Å²) >= 11 is 0. The highest BCUT2D eigenvalue weighted by Crippen LogP contribution is 2.24. The van der Waals surface area contributed by atoms with E-state index in [-0.39, 0.29) is 11.3 Å². The summed E-state index contributed by atoms with van der Waals surface area (Å²) < 4.78 is 0. The van der Waals surface area contributed by atoms with E-state index in [1.807, 2.05) is 0 Å². The number of benzene rings is 1. The van der Waals surface area contributed by atoms with Gasteiger partial charge >= 0.3 is 11.9 Å². The van der Waals surface area contributed by atoms with Gasteiger partial charge in [-0.05, 0) is 18.2 Å². The lowest BCUT2D eigenvalue weighted by Gasteiger charge is -1.97. The summed E-state index contributed by atoms with van der Waals surface area (Å²) in [5, 5.41) is 33.6. The Labute approximate surface area is 90.7 Å². The molecular formula is C10H10O6. The van der Waals surface area contributed by atoms with Gasteiger partial charge in [0.1, 0.15) is 0 Å². The fourth-order valence-corrected chi connectivity index (χ4v) is 0.656. The molecular weight excluding hydrogens is 216 g/mol. The van der Waals surface area contributed by atoms with Crippen LogP contribution in [0.15, 0.2) is 30.9 Å². The van der Waals surface area contributed by atoms with Crippen molar-refractivity contribution in [2.45, 2.75) is 0 Å². The number of phenols is 2. The molecule has 1 aromatic carbocycles. The molecule has 6 nitrogen and oxygen atoms in total. The lowest BCUT2D eigenvalue weighted by Crippen LogP contribution is -1.94. The Morgan fingerprint density at radius 2 is 1.62 bits per heavy atom. The Bertz CT molecular complexity index is 410. The van der Waals surface area contributed by atoms with Crippen LogP contribution in [0.4, 0.5) is 0 Å². The molecule has 4 N–H and O–H groups in total. The summed E-state index contributed by atoms with van der Waals surface area (Å²) in [6.45, 7) is 2.96. The second-order valence-corrected chi connectivity index (χ2v) is 2.55. The van der Waals surface area contributed by atoms with Crippen molar-refractivity contribution in [2.75, 3.05) is 0 Å². The zero-order valence-corrected chi connectivity index (χ0v) is 8.12. The summed E-state index contributed by atoms with van der Waals surface area (Å²) in [5.74, 6) is -2.87. The Kier molecular flexibility index (Phi) is 5.12. The van der Waals surface area contributed by atoms with E-state index in [0.717, 1.165) is 18.2 Å². The maximum absolute atomic E-state index is 10.3. The summed E-state index contributed by atoms with van der Waals surface area (Å²) in [7, 11) is 0. The normalized spacial score (nSPS) is 8.50. The number of carboxylic acid groups (broad SMARTS) is 2. The van der Waals surface area contributed by atoms with Crippen molar-refractivity contribution in [3.8, 4) is 11.5 Å². The number of rotatable bonds is 2. The molecule has 0 aliphatic heterocycles. The zero-order chi connectivity index (χ0) is 12.7. The van der Waals surface area contributed by atoms with Gasteiger partial charge in [0.2, 0.25) is 0 Å². The number of hydrogen-bond donors (Lipinski definition) is 4. The minimum Gasteiger partial charge on any atom is -0.504 e. The molecule has 0 aliphatic carbocycles. The monoisotopic (exact) mass is 226 g/mol. The first-order valence-electron chi connectivity index (χ1n) is 3.99. The first kappa shape index (κ1) is 13.5. The van der Waals surface area contributed by atoms with Crippen molar-refractivity contribution in [3.05, 3.63) is 36.4 Å². The predicted octanol–water partition coefficient (Wildman–Crippen LogP) is 1.05. The van der Waals surface area contributed by atoms with E-state index in [1.165, 1.54) is 6.07 Å². The number of aromatic carboxylic acids is 1. The van der Waals surface area contributed by atoms with Gasteiger partial charge in [0.15, 0.2) is 11.5 Å². The van der Waals surface area contributed by atoms with Crippen molar-refractivity contribution in [2.24, 2.45) is 0 Å². The second-order valence-electron chi connectivity index (χ2n) is 2.55. The molecule has 0 atom stereocenters. The Balaban J connectivity index is 0.000000385. The number of carboxylic acids is 2. The molecule has 16 heavy (non-hydrogen) atoms. The molecule has 0 heterocycles. The number of hydrogen-bond acceptors (Lipinski definition) is 4. The van der Waals surface area contributed by atoms with E-state index in [1.54, 1.807) is 0 Å². The Hall–Kier alpha value is -2.50. The molecule has 0 fully saturated rings. The summed E-state index contributed by atoms with van der Waals surface area (Å²) in [6, 6.07) is 3.31. The van der Waals surface area contributed by atoms with Crippen molar-refractivity contribution >= 4 is 11.9 Å². The molecule has 0 saturated carbocycles. The number of phenolic OH excluding ortho intramolecular Hbond substituents is 2. The van der Waals surface area contributed by atoms with Crippen molar-refractivity contribution in [1.82, 2.24) is 0 Å². The third-order valence-corrected chi connectivity index (χ3v) is 1.40. The van der Waals surface area contributed by atoms with Crippen LogP contribution < -0.4 is 0 Å². The van der Waals surface area contributed by atoms with Crippen LogP contribution in [-0.4, -0.2) is 32.4 Å². The Morgan fingerprint density at radius 3 is 1.94 bits per heavy atom. The molecule has 1 aromatic rings.